The summed E-state index contributed by atoms with van der Waals surface area (Å²) in [6.45, 7) is 7.47. The molecule has 0 aromatic heterocycles. The quantitative estimate of drug-likeness (QED) is 0.744. The van der Waals surface area contributed by atoms with Crippen molar-refractivity contribution in [3.63, 3.8) is 0 Å². The number of likely N-dealkylation sites (tertiary alicyclic amines) is 1. The summed E-state index contributed by atoms with van der Waals surface area (Å²) in [5, 5.41) is 0. The Labute approximate surface area is 105 Å². The number of nitrogens with zero attached hydrogens (tertiary/aromatic N) is 1. The van der Waals surface area contributed by atoms with Gasteiger partial charge in [0.2, 0.25) is 0 Å². The highest BCUT2D eigenvalue weighted by Crippen LogP contribution is 2.49. The van der Waals surface area contributed by atoms with Crippen molar-refractivity contribution < 1.29 is 0 Å². The van der Waals surface area contributed by atoms with Crippen LogP contribution in [0, 0.1) is 11.3 Å². The fourth-order valence-corrected chi connectivity index (χ4v) is 3.87. The summed E-state index contributed by atoms with van der Waals surface area (Å²) in [4.78, 5) is 2.69. The molecule has 3 rings (SSSR count). The molecule has 1 nitrogen and oxygen atoms in total. The highest BCUT2D eigenvalue weighted by atomic mass is 15.2. The summed E-state index contributed by atoms with van der Waals surface area (Å²) in [5.74, 6) is 0.952. The number of benzene rings is 1. The monoisotopic (exact) mass is 229 g/mol. The summed E-state index contributed by atoms with van der Waals surface area (Å²) in [5.41, 5.74) is 2.08. The first-order valence-electron chi connectivity index (χ1n) is 6.98. The smallest absolute Gasteiger partial charge is 0.0320 e. The van der Waals surface area contributed by atoms with Crippen molar-refractivity contribution in [3.05, 3.63) is 35.9 Å². The highest BCUT2D eigenvalue weighted by Gasteiger charge is 2.46. The molecule has 2 fully saturated rings. The van der Waals surface area contributed by atoms with E-state index in [1.807, 2.05) is 0 Å². The Morgan fingerprint density at radius 3 is 2.76 bits per heavy atom. The SMILES string of the molecule is C[C@H](c1ccccc1)N1C[C@@H]2CCC[C@]2(C)C1. The van der Waals surface area contributed by atoms with E-state index in [1.165, 1.54) is 37.9 Å². The minimum absolute atomic E-state index is 0.582. The number of hydrogen-bond donors (Lipinski definition) is 0. The third-order valence-corrected chi connectivity index (χ3v) is 5.13. The van der Waals surface area contributed by atoms with Crippen LogP contribution in [0.5, 0.6) is 0 Å². The van der Waals surface area contributed by atoms with Crippen LogP contribution < -0.4 is 0 Å². The van der Waals surface area contributed by atoms with Gasteiger partial charge in [-0.15, -0.1) is 0 Å². The van der Waals surface area contributed by atoms with Crippen LogP contribution in [-0.4, -0.2) is 18.0 Å². The van der Waals surface area contributed by atoms with E-state index in [9.17, 15) is 0 Å². The normalized spacial score (nSPS) is 34.8. The molecule has 1 aliphatic carbocycles. The summed E-state index contributed by atoms with van der Waals surface area (Å²) < 4.78 is 0. The first-order chi connectivity index (χ1) is 8.19. The Kier molecular flexibility index (Phi) is 2.74. The molecule has 1 aromatic carbocycles. The van der Waals surface area contributed by atoms with E-state index < -0.39 is 0 Å². The molecule has 2 aliphatic rings. The van der Waals surface area contributed by atoms with E-state index in [4.69, 9.17) is 0 Å². The standard InChI is InChI=1S/C16H23N/c1-13(14-7-4-3-5-8-14)17-11-15-9-6-10-16(15,2)12-17/h3-5,7-8,13,15H,6,9-12H2,1-2H3/t13-,15+,16-/m1/s1. The van der Waals surface area contributed by atoms with Gasteiger partial charge in [-0.2, -0.15) is 0 Å². The van der Waals surface area contributed by atoms with Crippen LogP contribution in [-0.2, 0) is 0 Å². The molecule has 1 heteroatoms. The van der Waals surface area contributed by atoms with Gasteiger partial charge in [-0.1, -0.05) is 43.7 Å². The summed E-state index contributed by atoms with van der Waals surface area (Å²) in [7, 11) is 0. The van der Waals surface area contributed by atoms with Crippen LogP contribution in [0.1, 0.15) is 44.7 Å². The van der Waals surface area contributed by atoms with Gasteiger partial charge < -0.3 is 0 Å². The van der Waals surface area contributed by atoms with E-state index in [-0.39, 0.29) is 0 Å². The maximum atomic E-state index is 2.69. The van der Waals surface area contributed by atoms with Gasteiger partial charge in [0, 0.05) is 19.1 Å². The van der Waals surface area contributed by atoms with Crippen molar-refractivity contribution in [2.45, 2.75) is 39.2 Å². The molecule has 92 valence electrons. The Balaban J connectivity index is 1.75. The van der Waals surface area contributed by atoms with Gasteiger partial charge in [-0.25, -0.2) is 0 Å². The zero-order chi connectivity index (χ0) is 11.9. The second-order valence-electron chi connectivity index (χ2n) is 6.26. The molecule has 3 atom stereocenters. The second-order valence-corrected chi connectivity index (χ2v) is 6.26. The van der Waals surface area contributed by atoms with Crippen molar-refractivity contribution in [2.75, 3.05) is 13.1 Å². The van der Waals surface area contributed by atoms with Crippen LogP contribution in [0.15, 0.2) is 30.3 Å². The summed E-state index contributed by atoms with van der Waals surface area (Å²) in [6, 6.07) is 11.5. The van der Waals surface area contributed by atoms with Gasteiger partial charge in [0.25, 0.3) is 0 Å². The van der Waals surface area contributed by atoms with Crippen molar-refractivity contribution in [1.82, 2.24) is 4.90 Å². The average Bonchev–Trinajstić information content (AvgIpc) is 2.84. The number of hydrogen-bond acceptors (Lipinski definition) is 1. The van der Waals surface area contributed by atoms with Gasteiger partial charge in [0.1, 0.15) is 0 Å². The Bertz CT molecular complexity index is 386. The lowest BCUT2D eigenvalue weighted by Gasteiger charge is -2.27. The lowest BCUT2D eigenvalue weighted by molar-refractivity contribution is 0.220. The molecule has 0 radical (unpaired) electrons. The van der Waals surface area contributed by atoms with Crippen molar-refractivity contribution >= 4 is 0 Å². The second kappa shape index (κ2) is 4.13. The zero-order valence-corrected chi connectivity index (χ0v) is 11.0. The molecule has 1 heterocycles. The van der Waals surface area contributed by atoms with Gasteiger partial charge in [0.05, 0.1) is 0 Å². The maximum absolute atomic E-state index is 2.69. The van der Waals surface area contributed by atoms with Crippen molar-refractivity contribution in [3.8, 4) is 0 Å². The fraction of sp³-hybridized carbons (Fsp3) is 0.625. The van der Waals surface area contributed by atoms with Gasteiger partial charge in [-0.3, -0.25) is 4.90 Å². The Morgan fingerprint density at radius 1 is 1.29 bits per heavy atom. The molecule has 0 amide bonds. The van der Waals surface area contributed by atoms with Crippen LogP contribution in [0.2, 0.25) is 0 Å². The molecule has 0 N–H and O–H groups in total. The molecular weight excluding hydrogens is 206 g/mol. The van der Waals surface area contributed by atoms with E-state index in [1.54, 1.807) is 0 Å². The topological polar surface area (TPSA) is 3.24 Å². The maximum Gasteiger partial charge on any atom is 0.0320 e. The van der Waals surface area contributed by atoms with Gasteiger partial charge in [0.15, 0.2) is 0 Å². The Hall–Kier alpha value is -0.820. The first-order valence-corrected chi connectivity index (χ1v) is 6.98. The van der Waals surface area contributed by atoms with Gasteiger partial charge in [-0.05, 0) is 36.7 Å². The van der Waals surface area contributed by atoms with Crippen LogP contribution in [0.4, 0.5) is 0 Å². The van der Waals surface area contributed by atoms with Crippen LogP contribution >= 0.6 is 0 Å². The van der Waals surface area contributed by atoms with Crippen molar-refractivity contribution in [2.24, 2.45) is 11.3 Å². The molecule has 17 heavy (non-hydrogen) atoms. The molecular formula is C16H23N. The minimum Gasteiger partial charge on any atom is -0.296 e. The molecule has 0 unspecified atom stereocenters. The Morgan fingerprint density at radius 2 is 2.06 bits per heavy atom. The average molecular weight is 229 g/mol. The first kappa shape index (κ1) is 11.3. The zero-order valence-electron chi connectivity index (χ0n) is 11.0. The molecule has 0 spiro atoms. The largest absolute Gasteiger partial charge is 0.296 e. The van der Waals surface area contributed by atoms with E-state index in [0.29, 0.717) is 11.5 Å². The molecule has 1 saturated carbocycles. The predicted molar refractivity (Wildman–Crippen MR) is 71.9 cm³/mol. The predicted octanol–water partition coefficient (Wildman–Crippen LogP) is 3.87. The molecule has 1 aliphatic heterocycles. The fourth-order valence-electron chi connectivity index (χ4n) is 3.87. The number of fused-ring (bicyclic) bond motifs is 1. The number of rotatable bonds is 2. The molecule has 1 saturated heterocycles. The summed E-state index contributed by atoms with van der Waals surface area (Å²) >= 11 is 0. The van der Waals surface area contributed by atoms with Gasteiger partial charge >= 0.3 is 0 Å². The van der Waals surface area contributed by atoms with Crippen molar-refractivity contribution in [1.29, 1.82) is 0 Å². The lowest BCUT2D eigenvalue weighted by atomic mass is 9.83. The third kappa shape index (κ3) is 1.91. The lowest BCUT2D eigenvalue weighted by Crippen LogP contribution is -2.27. The molecule has 1 aromatic rings. The third-order valence-electron chi connectivity index (χ3n) is 5.13. The van der Waals surface area contributed by atoms with E-state index in [0.717, 1.165) is 5.92 Å². The molecule has 0 bridgehead atoms. The van der Waals surface area contributed by atoms with E-state index in [2.05, 4.69) is 49.1 Å². The highest BCUT2D eigenvalue weighted by molar-refractivity contribution is 5.19. The van der Waals surface area contributed by atoms with Crippen LogP contribution in [0.3, 0.4) is 0 Å². The summed E-state index contributed by atoms with van der Waals surface area (Å²) in [6.07, 6.45) is 4.35. The van der Waals surface area contributed by atoms with Crippen LogP contribution in [0.25, 0.3) is 0 Å². The van der Waals surface area contributed by atoms with E-state index >= 15 is 0 Å². The minimum atomic E-state index is 0.582.